The lowest BCUT2D eigenvalue weighted by Crippen LogP contribution is -2.11. The van der Waals surface area contributed by atoms with Gasteiger partial charge in [0, 0.05) is 29.3 Å². The van der Waals surface area contributed by atoms with E-state index in [1.165, 1.54) is 0 Å². The molecule has 3 rings (SSSR count). The van der Waals surface area contributed by atoms with E-state index in [9.17, 15) is 4.79 Å². The summed E-state index contributed by atoms with van der Waals surface area (Å²) in [7, 11) is 0. The fraction of sp³-hybridized carbons (Fsp3) is 0.0667. The zero-order valence-electron chi connectivity index (χ0n) is 10.7. The molecule has 1 N–H and O–H groups in total. The van der Waals surface area contributed by atoms with Crippen molar-refractivity contribution in [2.24, 2.45) is 0 Å². The molecule has 0 fully saturated rings. The molecule has 0 saturated carbocycles. The van der Waals surface area contributed by atoms with Gasteiger partial charge in [-0.2, -0.15) is 0 Å². The summed E-state index contributed by atoms with van der Waals surface area (Å²) in [4.78, 5) is 16.3. The number of amides is 1. The number of fused-ring (bicyclic) bond motifs is 1. The van der Waals surface area contributed by atoms with Gasteiger partial charge < -0.3 is 9.73 Å². The number of aromatic nitrogens is 1. The van der Waals surface area contributed by atoms with Gasteiger partial charge >= 0.3 is 0 Å². The number of nitrogens with one attached hydrogen (secondary N) is 1. The lowest BCUT2D eigenvalue weighted by molar-refractivity contribution is 0.102. The lowest BCUT2D eigenvalue weighted by atomic mass is 10.2. The Hall–Kier alpha value is -2.33. The molecule has 0 aliphatic rings. The van der Waals surface area contributed by atoms with Gasteiger partial charge in [0.1, 0.15) is 5.52 Å². The van der Waals surface area contributed by atoms with Crippen molar-refractivity contribution in [3.63, 3.8) is 0 Å². The average molecular weight is 287 g/mol. The van der Waals surface area contributed by atoms with Crippen LogP contribution in [0.2, 0.25) is 5.02 Å². The molecule has 1 aromatic heterocycles. The van der Waals surface area contributed by atoms with Gasteiger partial charge in [0.05, 0.1) is 0 Å². The van der Waals surface area contributed by atoms with Gasteiger partial charge in [-0.1, -0.05) is 11.6 Å². The minimum absolute atomic E-state index is 0.197. The van der Waals surface area contributed by atoms with Crippen molar-refractivity contribution in [3.8, 4) is 0 Å². The van der Waals surface area contributed by atoms with Gasteiger partial charge in [0.2, 0.25) is 0 Å². The molecule has 5 heteroatoms. The molecule has 100 valence electrons. The fourth-order valence-electron chi connectivity index (χ4n) is 1.92. The minimum Gasteiger partial charge on any atom is -0.441 e. The van der Waals surface area contributed by atoms with Crippen LogP contribution in [0.1, 0.15) is 16.2 Å². The highest BCUT2D eigenvalue weighted by Crippen LogP contribution is 2.20. The number of carbonyl (C=O) groups is 1. The smallest absolute Gasteiger partial charge is 0.255 e. The first kappa shape index (κ1) is 12.7. The predicted octanol–water partition coefficient (Wildman–Crippen LogP) is 4.04. The van der Waals surface area contributed by atoms with E-state index in [0.717, 1.165) is 5.52 Å². The quantitative estimate of drug-likeness (QED) is 0.773. The Morgan fingerprint density at radius 1 is 1.20 bits per heavy atom. The molecule has 1 amide bonds. The average Bonchev–Trinajstić information content (AvgIpc) is 2.78. The Morgan fingerprint density at radius 3 is 2.70 bits per heavy atom. The van der Waals surface area contributed by atoms with Gasteiger partial charge in [0.15, 0.2) is 11.5 Å². The summed E-state index contributed by atoms with van der Waals surface area (Å²) < 4.78 is 5.43. The highest BCUT2D eigenvalue weighted by molar-refractivity contribution is 6.30. The molecule has 1 heterocycles. The fourth-order valence-corrected chi connectivity index (χ4v) is 2.05. The highest BCUT2D eigenvalue weighted by atomic mass is 35.5. The van der Waals surface area contributed by atoms with Gasteiger partial charge in [-0.3, -0.25) is 4.79 Å². The first-order chi connectivity index (χ1) is 9.61. The van der Waals surface area contributed by atoms with Crippen LogP contribution in [0, 0.1) is 6.92 Å². The van der Waals surface area contributed by atoms with Crippen molar-refractivity contribution >= 4 is 34.3 Å². The second-order valence-electron chi connectivity index (χ2n) is 4.38. The normalized spacial score (nSPS) is 10.7. The summed E-state index contributed by atoms with van der Waals surface area (Å²) in [6.45, 7) is 1.78. The van der Waals surface area contributed by atoms with Crippen LogP contribution in [0.25, 0.3) is 11.1 Å². The third-order valence-corrected chi connectivity index (χ3v) is 3.11. The second kappa shape index (κ2) is 4.98. The van der Waals surface area contributed by atoms with E-state index in [-0.39, 0.29) is 5.91 Å². The molecule has 3 aromatic rings. The number of halogens is 1. The number of benzene rings is 2. The number of aryl methyl sites for hydroxylation is 1. The van der Waals surface area contributed by atoms with Crippen LogP contribution < -0.4 is 5.32 Å². The summed E-state index contributed by atoms with van der Waals surface area (Å²) in [5.74, 6) is 0.401. The number of rotatable bonds is 2. The highest BCUT2D eigenvalue weighted by Gasteiger charge is 2.08. The molecule has 0 bridgehead atoms. The summed E-state index contributed by atoms with van der Waals surface area (Å²) in [6, 6.07) is 12.1. The van der Waals surface area contributed by atoms with Crippen molar-refractivity contribution in [2.75, 3.05) is 5.32 Å². The van der Waals surface area contributed by atoms with E-state index in [4.69, 9.17) is 16.0 Å². The van der Waals surface area contributed by atoms with Crippen LogP contribution in [0.4, 0.5) is 5.69 Å². The Morgan fingerprint density at radius 2 is 1.95 bits per heavy atom. The van der Waals surface area contributed by atoms with Crippen LogP contribution in [-0.4, -0.2) is 10.9 Å². The third-order valence-electron chi connectivity index (χ3n) is 2.86. The monoisotopic (exact) mass is 286 g/mol. The van der Waals surface area contributed by atoms with Crippen LogP contribution >= 0.6 is 11.6 Å². The lowest BCUT2D eigenvalue weighted by Gasteiger charge is -2.04. The maximum absolute atomic E-state index is 12.1. The van der Waals surface area contributed by atoms with Crippen molar-refractivity contribution in [2.45, 2.75) is 6.92 Å². The number of hydrogen-bond donors (Lipinski definition) is 1. The first-order valence-corrected chi connectivity index (χ1v) is 6.44. The molecule has 0 atom stereocenters. The van der Waals surface area contributed by atoms with Gasteiger partial charge in [-0.15, -0.1) is 0 Å². The molecule has 2 aromatic carbocycles. The molecule has 0 radical (unpaired) electrons. The van der Waals surface area contributed by atoms with E-state index in [2.05, 4.69) is 10.3 Å². The van der Waals surface area contributed by atoms with Crippen LogP contribution in [0.15, 0.2) is 46.9 Å². The Labute approximate surface area is 120 Å². The van der Waals surface area contributed by atoms with Gasteiger partial charge in [0.25, 0.3) is 5.91 Å². The molecule has 0 aliphatic carbocycles. The first-order valence-electron chi connectivity index (χ1n) is 6.06. The van der Waals surface area contributed by atoms with E-state index in [1.807, 2.05) is 6.07 Å². The number of hydrogen-bond acceptors (Lipinski definition) is 3. The summed E-state index contributed by atoms with van der Waals surface area (Å²) in [5.41, 5.74) is 2.63. The number of nitrogens with zero attached hydrogens (tertiary/aromatic N) is 1. The number of oxazole rings is 1. The van der Waals surface area contributed by atoms with Crippen LogP contribution in [0.5, 0.6) is 0 Å². The molecular formula is C15H11ClN2O2. The molecule has 0 spiro atoms. The van der Waals surface area contributed by atoms with E-state index < -0.39 is 0 Å². The molecule has 0 unspecified atom stereocenters. The zero-order chi connectivity index (χ0) is 14.1. The summed E-state index contributed by atoms with van der Waals surface area (Å²) in [5, 5.41) is 3.41. The minimum atomic E-state index is -0.197. The van der Waals surface area contributed by atoms with Gasteiger partial charge in [-0.05, 0) is 36.4 Å². The maximum atomic E-state index is 12.1. The molecule has 4 nitrogen and oxygen atoms in total. The Bertz CT molecular complexity index is 778. The zero-order valence-corrected chi connectivity index (χ0v) is 11.4. The van der Waals surface area contributed by atoms with Crippen molar-refractivity contribution in [3.05, 3.63) is 58.9 Å². The van der Waals surface area contributed by atoms with Crippen molar-refractivity contribution in [1.82, 2.24) is 4.98 Å². The topological polar surface area (TPSA) is 55.1 Å². The Balaban J connectivity index is 1.84. The van der Waals surface area contributed by atoms with E-state index in [0.29, 0.717) is 27.7 Å². The largest absolute Gasteiger partial charge is 0.441 e. The Kier molecular flexibility index (Phi) is 3.16. The SMILES string of the molecule is Cc1nc2ccc(NC(=O)c3ccc(Cl)cc3)cc2o1. The standard InChI is InChI=1S/C15H11ClN2O2/c1-9-17-13-7-6-12(8-14(13)20-9)18-15(19)10-2-4-11(16)5-3-10/h2-8H,1H3,(H,18,19). The number of anilines is 1. The van der Waals surface area contributed by atoms with Crippen LogP contribution in [0.3, 0.4) is 0 Å². The van der Waals surface area contributed by atoms with Crippen molar-refractivity contribution in [1.29, 1.82) is 0 Å². The predicted molar refractivity (Wildman–Crippen MR) is 78.2 cm³/mol. The summed E-state index contributed by atoms with van der Waals surface area (Å²) in [6.07, 6.45) is 0. The van der Waals surface area contributed by atoms with Crippen LogP contribution in [-0.2, 0) is 0 Å². The molecule has 0 aliphatic heterocycles. The van der Waals surface area contributed by atoms with E-state index >= 15 is 0 Å². The molecule has 20 heavy (non-hydrogen) atoms. The number of carbonyl (C=O) groups excluding carboxylic acids is 1. The maximum Gasteiger partial charge on any atom is 0.255 e. The van der Waals surface area contributed by atoms with Gasteiger partial charge in [-0.25, -0.2) is 4.98 Å². The van der Waals surface area contributed by atoms with E-state index in [1.54, 1.807) is 43.3 Å². The second-order valence-corrected chi connectivity index (χ2v) is 4.81. The molecular weight excluding hydrogens is 276 g/mol. The molecule has 0 saturated heterocycles. The third kappa shape index (κ3) is 2.51. The van der Waals surface area contributed by atoms with Crippen molar-refractivity contribution < 1.29 is 9.21 Å². The summed E-state index contributed by atoms with van der Waals surface area (Å²) >= 11 is 5.79.